The minimum atomic E-state index is -4.52. The summed E-state index contributed by atoms with van der Waals surface area (Å²) in [4.78, 5) is 0.369. The summed E-state index contributed by atoms with van der Waals surface area (Å²) in [6.07, 6.45) is 1.33. The molecule has 1 aliphatic carbocycles. The van der Waals surface area contributed by atoms with Crippen LogP contribution in [0.3, 0.4) is 0 Å². The second-order valence-electron chi connectivity index (χ2n) is 6.09. The van der Waals surface area contributed by atoms with Gasteiger partial charge in [-0.3, -0.25) is 5.10 Å². The smallest absolute Gasteiger partial charge is 0.273 e. The van der Waals surface area contributed by atoms with E-state index in [1.54, 1.807) is 0 Å². The molecule has 138 valence electrons. The van der Waals surface area contributed by atoms with E-state index < -0.39 is 21.9 Å². The number of nitrogens with one attached hydrogen (secondary N) is 2. The third-order valence-corrected chi connectivity index (χ3v) is 7.28. The van der Waals surface area contributed by atoms with Crippen LogP contribution in [0, 0.1) is 0 Å². The summed E-state index contributed by atoms with van der Waals surface area (Å²) in [6, 6.07) is 3.67. The predicted molar refractivity (Wildman–Crippen MR) is 88.7 cm³/mol. The second-order valence-corrected chi connectivity index (χ2v) is 9.12. The zero-order chi connectivity index (χ0) is 18.1. The van der Waals surface area contributed by atoms with Gasteiger partial charge in [0.15, 0.2) is 0 Å². The lowest BCUT2D eigenvalue weighted by Crippen LogP contribution is -2.33. The Kier molecular flexibility index (Phi) is 5.21. The number of rotatable bonds is 4. The largest absolute Gasteiger partial charge is 0.432 e. The first-order valence-electron chi connectivity index (χ1n) is 8.01. The molecule has 0 bridgehead atoms. The summed E-state index contributed by atoms with van der Waals surface area (Å²) >= 11 is 0.910. The first kappa shape index (κ1) is 18.4. The van der Waals surface area contributed by atoms with E-state index >= 15 is 0 Å². The Labute approximate surface area is 147 Å². The van der Waals surface area contributed by atoms with E-state index in [0.717, 1.165) is 55.9 Å². The molecule has 2 aromatic rings. The number of aromatic amines is 1. The lowest BCUT2D eigenvalue weighted by molar-refractivity contribution is -0.141. The predicted octanol–water partition coefficient (Wildman–Crippen LogP) is 4.16. The summed E-state index contributed by atoms with van der Waals surface area (Å²) in [5.41, 5.74) is -0.884. The maximum Gasteiger partial charge on any atom is 0.432 e. The molecule has 5 nitrogen and oxygen atoms in total. The van der Waals surface area contributed by atoms with Crippen LogP contribution in [0.4, 0.5) is 13.2 Å². The van der Waals surface area contributed by atoms with Crippen molar-refractivity contribution in [1.82, 2.24) is 14.9 Å². The summed E-state index contributed by atoms with van der Waals surface area (Å²) in [5.74, 6) is 0. The molecule has 2 N–H and O–H groups in total. The number of thiophene rings is 1. The van der Waals surface area contributed by atoms with Crippen LogP contribution in [0.1, 0.15) is 44.2 Å². The fourth-order valence-electron chi connectivity index (χ4n) is 2.87. The highest BCUT2D eigenvalue weighted by molar-refractivity contribution is 7.91. The van der Waals surface area contributed by atoms with Crippen molar-refractivity contribution >= 4 is 21.4 Å². The zero-order valence-electron chi connectivity index (χ0n) is 13.3. The normalized spacial score (nSPS) is 17.6. The fourth-order valence-corrected chi connectivity index (χ4v) is 5.46. The van der Waals surface area contributed by atoms with Gasteiger partial charge in [0.05, 0.1) is 4.88 Å². The maximum atomic E-state index is 12.6. The SMILES string of the molecule is O=S(=O)(NC1CCCCCC1)c1ccc(-c2cc(C(F)(F)F)[nH]n2)s1. The van der Waals surface area contributed by atoms with Crippen LogP contribution < -0.4 is 4.72 Å². The highest BCUT2D eigenvalue weighted by atomic mass is 32.2. The highest BCUT2D eigenvalue weighted by Crippen LogP contribution is 2.34. The van der Waals surface area contributed by atoms with Crippen molar-refractivity contribution in [3.05, 3.63) is 23.9 Å². The number of aromatic nitrogens is 2. The number of hydrogen-bond donors (Lipinski definition) is 2. The van der Waals surface area contributed by atoms with Gasteiger partial charge in [0.1, 0.15) is 15.6 Å². The molecule has 1 fully saturated rings. The van der Waals surface area contributed by atoms with Crippen LogP contribution in [-0.2, 0) is 16.2 Å². The summed E-state index contributed by atoms with van der Waals surface area (Å²) in [5, 5.41) is 5.56. The van der Waals surface area contributed by atoms with Gasteiger partial charge in [-0.05, 0) is 31.0 Å². The highest BCUT2D eigenvalue weighted by Gasteiger charge is 2.33. The standard InChI is InChI=1S/C15H18F3N3O2S2/c16-15(17,18)13-9-11(19-20-13)12-7-8-14(24-12)25(22,23)21-10-5-3-1-2-4-6-10/h7-10,21H,1-6H2,(H,19,20). The van der Waals surface area contributed by atoms with Gasteiger partial charge >= 0.3 is 6.18 Å². The Morgan fingerprint density at radius 2 is 1.84 bits per heavy atom. The van der Waals surface area contributed by atoms with Gasteiger partial charge < -0.3 is 0 Å². The molecule has 25 heavy (non-hydrogen) atoms. The first-order chi connectivity index (χ1) is 11.8. The van der Waals surface area contributed by atoms with Gasteiger partial charge in [-0.25, -0.2) is 13.1 Å². The van der Waals surface area contributed by atoms with E-state index in [2.05, 4.69) is 9.82 Å². The molecular formula is C15H18F3N3O2S2. The van der Waals surface area contributed by atoms with Crippen LogP contribution in [0.2, 0.25) is 0 Å². The Hall–Kier alpha value is -1.39. The van der Waals surface area contributed by atoms with E-state index in [4.69, 9.17) is 0 Å². The number of hydrogen-bond acceptors (Lipinski definition) is 4. The zero-order valence-corrected chi connectivity index (χ0v) is 14.9. The number of nitrogens with zero attached hydrogens (tertiary/aromatic N) is 1. The molecular weight excluding hydrogens is 375 g/mol. The minimum Gasteiger partial charge on any atom is -0.273 e. The summed E-state index contributed by atoms with van der Waals surface area (Å²) < 4.78 is 65.7. The number of alkyl halides is 3. The average molecular weight is 393 g/mol. The lowest BCUT2D eigenvalue weighted by Gasteiger charge is -2.15. The van der Waals surface area contributed by atoms with E-state index in [0.29, 0.717) is 4.88 Å². The summed E-state index contributed by atoms with van der Waals surface area (Å²) in [7, 11) is -3.68. The Morgan fingerprint density at radius 1 is 1.16 bits per heavy atom. The van der Waals surface area contributed by atoms with E-state index in [-0.39, 0.29) is 15.9 Å². The molecule has 0 spiro atoms. The molecule has 2 heterocycles. The van der Waals surface area contributed by atoms with Crippen molar-refractivity contribution in [2.75, 3.05) is 0 Å². The van der Waals surface area contributed by atoms with Crippen molar-refractivity contribution in [2.45, 2.75) is 55.0 Å². The van der Waals surface area contributed by atoms with Crippen LogP contribution >= 0.6 is 11.3 Å². The average Bonchev–Trinajstić information content (AvgIpc) is 3.13. The quantitative estimate of drug-likeness (QED) is 0.766. The van der Waals surface area contributed by atoms with Crippen molar-refractivity contribution < 1.29 is 21.6 Å². The van der Waals surface area contributed by atoms with Gasteiger partial charge in [-0.2, -0.15) is 18.3 Å². The van der Waals surface area contributed by atoms with Crippen molar-refractivity contribution in [2.24, 2.45) is 0 Å². The molecule has 0 radical (unpaired) electrons. The van der Waals surface area contributed by atoms with E-state index in [1.165, 1.54) is 12.1 Å². The second kappa shape index (κ2) is 7.08. The van der Waals surface area contributed by atoms with Crippen LogP contribution in [0.15, 0.2) is 22.4 Å². The van der Waals surface area contributed by atoms with E-state index in [9.17, 15) is 21.6 Å². The lowest BCUT2D eigenvalue weighted by atomic mass is 10.1. The topological polar surface area (TPSA) is 74.8 Å². The van der Waals surface area contributed by atoms with Crippen molar-refractivity contribution in [3.8, 4) is 10.6 Å². The Balaban J connectivity index is 1.76. The molecule has 0 atom stereocenters. The minimum absolute atomic E-state index is 0.0771. The van der Waals surface area contributed by atoms with Crippen LogP contribution in [0.25, 0.3) is 10.6 Å². The third kappa shape index (κ3) is 4.42. The fraction of sp³-hybridized carbons (Fsp3) is 0.533. The molecule has 3 rings (SSSR count). The van der Waals surface area contributed by atoms with Crippen molar-refractivity contribution in [1.29, 1.82) is 0 Å². The number of sulfonamides is 1. The molecule has 1 saturated carbocycles. The van der Waals surface area contributed by atoms with Gasteiger partial charge in [0, 0.05) is 6.04 Å². The van der Waals surface area contributed by atoms with Gasteiger partial charge in [-0.1, -0.05) is 25.7 Å². The Morgan fingerprint density at radius 3 is 2.44 bits per heavy atom. The summed E-state index contributed by atoms with van der Waals surface area (Å²) in [6.45, 7) is 0. The van der Waals surface area contributed by atoms with Crippen LogP contribution in [-0.4, -0.2) is 24.7 Å². The first-order valence-corrected chi connectivity index (χ1v) is 10.3. The molecule has 1 aliphatic rings. The maximum absolute atomic E-state index is 12.6. The Bertz CT molecular complexity index is 819. The monoisotopic (exact) mass is 393 g/mol. The molecule has 0 aliphatic heterocycles. The number of H-pyrrole nitrogens is 1. The molecule has 0 amide bonds. The van der Waals surface area contributed by atoms with Crippen LogP contribution in [0.5, 0.6) is 0 Å². The molecule has 2 aromatic heterocycles. The number of halogens is 3. The van der Waals surface area contributed by atoms with Crippen molar-refractivity contribution in [3.63, 3.8) is 0 Å². The van der Waals surface area contributed by atoms with Gasteiger partial charge in [-0.15, -0.1) is 11.3 Å². The van der Waals surface area contributed by atoms with E-state index in [1.807, 2.05) is 5.10 Å². The van der Waals surface area contributed by atoms with Gasteiger partial charge in [0.25, 0.3) is 0 Å². The molecule has 0 aromatic carbocycles. The third-order valence-electron chi connectivity index (χ3n) is 4.16. The molecule has 0 saturated heterocycles. The van der Waals surface area contributed by atoms with Gasteiger partial charge in [0.2, 0.25) is 10.0 Å². The molecule has 0 unspecified atom stereocenters. The molecule has 10 heteroatoms.